The highest BCUT2D eigenvalue weighted by atomic mass is 15.2. The van der Waals surface area contributed by atoms with Crippen molar-refractivity contribution < 1.29 is 0 Å². The van der Waals surface area contributed by atoms with Crippen molar-refractivity contribution >= 4 is 44.6 Å². The molecule has 2 unspecified atom stereocenters. The van der Waals surface area contributed by atoms with Gasteiger partial charge >= 0.3 is 0 Å². The van der Waals surface area contributed by atoms with Crippen molar-refractivity contribution in [1.29, 1.82) is 0 Å². The molecule has 49 heavy (non-hydrogen) atoms. The Morgan fingerprint density at radius 3 is 2.08 bits per heavy atom. The Morgan fingerprint density at radius 1 is 0.551 bits per heavy atom. The number of fused-ring (bicyclic) bond motifs is 6. The Bertz CT molecular complexity index is 2370. The van der Waals surface area contributed by atoms with Crippen molar-refractivity contribution in [2.45, 2.75) is 44.6 Å². The number of benzene rings is 5. The fourth-order valence-electron chi connectivity index (χ4n) is 8.92. The van der Waals surface area contributed by atoms with Crippen LogP contribution in [-0.2, 0) is 12.8 Å². The van der Waals surface area contributed by atoms with Gasteiger partial charge in [-0.25, -0.2) is 0 Å². The molecule has 0 spiro atoms. The third-order valence-corrected chi connectivity index (χ3v) is 11.2. The Kier molecular flexibility index (Phi) is 6.72. The fraction of sp³-hybridized carbons (Fsp3) is 0.174. The zero-order chi connectivity index (χ0) is 32.3. The Balaban J connectivity index is 1.22. The van der Waals surface area contributed by atoms with E-state index in [1.807, 2.05) is 0 Å². The minimum absolute atomic E-state index is 0.280. The molecule has 238 valence electrons. The second-order valence-corrected chi connectivity index (χ2v) is 13.9. The standard InChI is InChI=1S/C46H39N3/c1-2-16-36(17-3-1)47-45-28-26-37(48-41-18-8-4-12-32(41)22-23-33-13-5-9-19-42(33)48)30-39(45)40-31-38(27-29-46(40)47)49-43-20-10-6-14-34(43)24-25-35-15-7-11-21-44(35)49/h1-10,12-20,26-32,41H,11,21-25H2. The van der Waals surface area contributed by atoms with Crippen molar-refractivity contribution in [3.63, 3.8) is 0 Å². The molecule has 3 heteroatoms. The molecule has 1 aromatic heterocycles. The molecule has 2 aliphatic carbocycles. The minimum Gasteiger partial charge on any atom is -0.334 e. The molecule has 2 aliphatic heterocycles. The summed E-state index contributed by atoms with van der Waals surface area (Å²) in [6.07, 6.45) is 20.6. The number of allylic oxidation sites excluding steroid dienone is 6. The minimum atomic E-state index is 0.280. The molecular formula is C46H39N3. The van der Waals surface area contributed by atoms with Crippen LogP contribution in [0.15, 0.2) is 163 Å². The molecule has 0 saturated carbocycles. The van der Waals surface area contributed by atoms with Gasteiger partial charge in [0.05, 0.1) is 17.1 Å². The van der Waals surface area contributed by atoms with Gasteiger partial charge in [0.1, 0.15) is 0 Å². The van der Waals surface area contributed by atoms with E-state index in [1.54, 1.807) is 0 Å². The molecule has 0 N–H and O–H groups in total. The lowest BCUT2D eigenvalue weighted by molar-refractivity contribution is 0.535. The highest BCUT2D eigenvalue weighted by Gasteiger charge is 2.32. The predicted octanol–water partition coefficient (Wildman–Crippen LogP) is 11.7. The summed E-state index contributed by atoms with van der Waals surface area (Å²) in [7, 11) is 0. The molecule has 0 amide bonds. The van der Waals surface area contributed by atoms with Crippen molar-refractivity contribution in [3.8, 4) is 5.69 Å². The molecule has 10 rings (SSSR count). The number of hydrogen-bond donors (Lipinski definition) is 0. The van der Waals surface area contributed by atoms with Gasteiger partial charge in [-0.15, -0.1) is 0 Å². The third kappa shape index (κ3) is 4.63. The maximum atomic E-state index is 2.61. The normalized spacial score (nSPS) is 19.8. The van der Waals surface area contributed by atoms with E-state index in [-0.39, 0.29) is 6.04 Å². The number of aromatic nitrogens is 1. The van der Waals surface area contributed by atoms with Crippen molar-refractivity contribution in [2.75, 3.05) is 9.80 Å². The van der Waals surface area contributed by atoms with Gasteiger partial charge in [0, 0.05) is 50.8 Å². The van der Waals surface area contributed by atoms with E-state index < -0.39 is 0 Å². The first-order valence-electron chi connectivity index (χ1n) is 17.9. The maximum Gasteiger partial charge on any atom is 0.0588 e. The molecule has 0 bridgehead atoms. The summed E-state index contributed by atoms with van der Waals surface area (Å²) < 4.78 is 2.45. The first kappa shape index (κ1) is 28.5. The van der Waals surface area contributed by atoms with Crippen LogP contribution in [0.5, 0.6) is 0 Å². The number of anilines is 4. The number of hydrogen-bond acceptors (Lipinski definition) is 2. The van der Waals surface area contributed by atoms with Gasteiger partial charge in [0.25, 0.3) is 0 Å². The lowest BCUT2D eigenvalue weighted by Gasteiger charge is -2.36. The van der Waals surface area contributed by atoms with Gasteiger partial charge in [-0.1, -0.05) is 91.1 Å². The van der Waals surface area contributed by atoms with Crippen LogP contribution < -0.4 is 9.80 Å². The first-order valence-corrected chi connectivity index (χ1v) is 17.9. The largest absolute Gasteiger partial charge is 0.334 e. The summed E-state index contributed by atoms with van der Waals surface area (Å²) in [6, 6.07) is 43.5. The van der Waals surface area contributed by atoms with Crippen LogP contribution in [0.1, 0.15) is 36.8 Å². The van der Waals surface area contributed by atoms with Crippen LogP contribution in [-0.4, -0.2) is 10.6 Å². The topological polar surface area (TPSA) is 11.4 Å². The molecule has 0 fully saturated rings. The average molecular weight is 634 g/mol. The van der Waals surface area contributed by atoms with Crippen molar-refractivity contribution in [1.82, 2.24) is 4.57 Å². The van der Waals surface area contributed by atoms with Crippen molar-refractivity contribution in [3.05, 3.63) is 174 Å². The van der Waals surface area contributed by atoms with E-state index in [1.165, 1.54) is 72.6 Å². The molecule has 5 aromatic carbocycles. The molecule has 2 atom stereocenters. The summed E-state index contributed by atoms with van der Waals surface area (Å²) in [4.78, 5) is 5.18. The van der Waals surface area contributed by atoms with E-state index >= 15 is 0 Å². The summed E-state index contributed by atoms with van der Waals surface area (Å²) in [6.45, 7) is 0. The van der Waals surface area contributed by atoms with Gasteiger partial charge in [-0.05, 0) is 116 Å². The van der Waals surface area contributed by atoms with E-state index in [0.29, 0.717) is 5.92 Å². The maximum absolute atomic E-state index is 2.61. The average Bonchev–Trinajstić information content (AvgIpc) is 3.26. The number of rotatable bonds is 3. The van der Waals surface area contributed by atoms with Gasteiger partial charge in [0.2, 0.25) is 0 Å². The van der Waals surface area contributed by atoms with E-state index in [2.05, 4.69) is 166 Å². The molecular weight excluding hydrogens is 595 g/mol. The zero-order valence-electron chi connectivity index (χ0n) is 27.7. The van der Waals surface area contributed by atoms with Crippen LogP contribution in [0.3, 0.4) is 0 Å². The van der Waals surface area contributed by atoms with Gasteiger partial charge in [-0.3, -0.25) is 0 Å². The smallest absolute Gasteiger partial charge is 0.0588 e. The van der Waals surface area contributed by atoms with E-state index in [0.717, 1.165) is 38.5 Å². The molecule has 4 aliphatic rings. The van der Waals surface area contributed by atoms with Crippen LogP contribution in [0.2, 0.25) is 0 Å². The lowest BCUT2D eigenvalue weighted by Crippen LogP contribution is -2.35. The lowest BCUT2D eigenvalue weighted by atomic mass is 9.90. The second-order valence-electron chi connectivity index (χ2n) is 13.9. The number of para-hydroxylation sites is 3. The van der Waals surface area contributed by atoms with Gasteiger partial charge < -0.3 is 14.4 Å². The summed E-state index contributed by atoms with van der Waals surface area (Å²) in [5.74, 6) is 0.473. The van der Waals surface area contributed by atoms with Crippen LogP contribution in [0.4, 0.5) is 22.7 Å². The molecule has 6 aromatic rings. The molecule has 0 radical (unpaired) electrons. The third-order valence-electron chi connectivity index (χ3n) is 11.2. The highest BCUT2D eigenvalue weighted by Crippen LogP contribution is 2.46. The number of aryl methyl sites for hydroxylation is 2. The van der Waals surface area contributed by atoms with Crippen LogP contribution in [0, 0.1) is 5.92 Å². The number of nitrogens with zero attached hydrogens (tertiary/aromatic N) is 3. The summed E-state index contributed by atoms with van der Waals surface area (Å²) in [5.41, 5.74) is 14.6. The Labute approximate surface area is 288 Å². The zero-order valence-corrected chi connectivity index (χ0v) is 27.7. The quantitative estimate of drug-likeness (QED) is 0.192. The first-order chi connectivity index (χ1) is 24.3. The highest BCUT2D eigenvalue weighted by molar-refractivity contribution is 6.11. The monoisotopic (exact) mass is 633 g/mol. The summed E-state index contributed by atoms with van der Waals surface area (Å²) in [5, 5.41) is 2.57. The van der Waals surface area contributed by atoms with Crippen molar-refractivity contribution in [2.24, 2.45) is 5.92 Å². The predicted molar refractivity (Wildman–Crippen MR) is 206 cm³/mol. The molecule has 3 heterocycles. The molecule has 3 nitrogen and oxygen atoms in total. The van der Waals surface area contributed by atoms with Crippen LogP contribution in [0.25, 0.3) is 27.5 Å². The van der Waals surface area contributed by atoms with Gasteiger partial charge in [0.15, 0.2) is 0 Å². The Morgan fingerprint density at radius 2 is 1.24 bits per heavy atom. The van der Waals surface area contributed by atoms with E-state index in [4.69, 9.17) is 0 Å². The fourth-order valence-corrected chi connectivity index (χ4v) is 8.92. The second kappa shape index (κ2) is 11.6. The summed E-state index contributed by atoms with van der Waals surface area (Å²) >= 11 is 0. The molecule has 0 saturated heterocycles. The Hall–Kier alpha value is -5.54. The van der Waals surface area contributed by atoms with Crippen LogP contribution >= 0.6 is 0 Å². The van der Waals surface area contributed by atoms with Gasteiger partial charge in [-0.2, -0.15) is 0 Å². The van der Waals surface area contributed by atoms with E-state index in [9.17, 15) is 0 Å². The SMILES string of the molecule is C1=CC2CCc3ccccc3N(c3ccc4c(c3)c3cc(N5C6=C(C=CCC6)CCc6ccccc65)ccc3n4-c3ccccc3)C2C=C1.